The molecule has 2 aromatic rings. The van der Waals surface area contributed by atoms with E-state index < -0.39 is 9.84 Å². The summed E-state index contributed by atoms with van der Waals surface area (Å²) in [5, 5.41) is 0. The Kier molecular flexibility index (Phi) is 4.38. The monoisotopic (exact) mass is 300 g/mol. The first kappa shape index (κ1) is 14.2. The average molecular weight is 300 g/mol. The molecule has 1 heterocycles. The maximum Gasteiger partial charge on any atom is 0.210 e. The Morgan fingerprint density at radius 3 is 2.95 bits per heavy atom. The number of aromatic nitrogens is 1. The van der Waals surface area contributed by atoms with Crippen molar-refractivity contribution >= 4 is 37.1 Å². The van der Waals surface area contributed by atoms with Gasteiger partial charge in [0.2, 0.25) is 14.2 Å². The molecule has 2 N–H and O–H groups in total. The lowest BCUT2D eigenvalue weighted by Crippen LogP contribution is -2.09. The van der Waals surface area contributed by atoms with Crippen molar-refractivity contribution in [3.05, 3.63) is 18.2 Å². The van der Waals surface area contributed by atoms with Crippen LogP contribution in [0, 0.1) is 0 Å². The van der Waals surface area contributed by atoms with Crippen LogP contribution in [0.25, 0.3) is 10.2 Å². The predicted molar refractivity (Wildman–Crippen MR) is 77.2 cm³/mol. The molecule has 0 spiro atoms. The zero-order valence-corrected chi connectivity index (χ0v) is 12.3. The molecule has 0 aliphatic rings. The van der Waals surface area contributed by atoms with E-state index in [1.807, 2.05) is 6.92 Å². The molecule has 5 nitrogen and oxygen atoms in total. The van der Waals surface area contributed by atoms with Gasteiger partial charge in [-0.1, -0.05) is 0 Å². The Hall–Kier alpha value is -1.18. The van der Waals surface area contributed by atoms with Gasteiger partial charge in [-0.05, 0) is 31.5 Å². The molecule has 7 heteroatoms. The molecule has 2 rings (SSSR count). The highest BCUT2D eigenvalue weighted by Gasteiger charge is 2.19. The third-order valence-corrected chi connectivity index (χ3v) is 5.84. The van der Waals surface area contributed by atoms with Crippen LogP contribution in [0.15, 0.2) is 22.5 Å². The van der Waals surface area contributed by atoms with Crippen molar-refractivity contribution in [2.45, 2.75) is 17.7 Å². The van der Waals surface area contributed by atoms with Crippen LogP contribution in [0.1, 0.15) is 13.3 Å². The van der Waals surface area contributed by atoms with E-state index in [0.29, 0.717) is 30.8 Å². The van der Waals surface area contributed by atoms with Crippen LogP contribution in [0.5, 0.6) is 0 Å². The van der Waals surface area contributed by atoms with Gasteiger partial charge in [0.1, 0.15) is 0 Å². The van der Waals surface area contributed by atoms with Crippen LogP contribution in [0.4, 0.5) is 5.69 Å². The van der Waals surface area contributed by atoms with Crippen LogP contribution >= 0.6 is 11.3 Å². The third kappa shape index (κ3) is 3.43. The molecule has 0 aliphatic carbocycles. The minimum absolute atomic E-state index is 0.0578. The van der Waals surface area contributed by atoms with Gasteiger partial charge in [0, 0.05) is 18.9 Å². The lowest BCUT2D eigenvalue weighted by Gasteiger charge is -2.01. The SMILES string of the molecule is CCOCCCS(=O)(=O)c1nc2ccc(N)cc2s1. The fourth-order valence-corrected chi connectivity index (χ4v) is 4.32. The van der Waals surface area contributed by atoms with Crippen LogP contribution in [0.2, 0.25) is 0 Å². The van der Waals surface area contributed by atoms with E-state index in [9.17, 15) is 8.42 Å². The standard InChI is InChI=1S/C12H16N2O3S2/c1-2-17-6-3-7-19(15,16)12-14-10-5-4-9(13)8-11(10)18-12/h4-5,8H,2-3,6-7,13H2,1H3. The maximum absolute atomic E-state index is 12.1. The topological polar surface area (TPSA) is 82.3 Å². The minimum atomic E-state index is -3.33. The van der Waals surface area contributed by atoms with Crippen molar-refractivity contribution in [1.29, 1.82) is 0 Å². The summed E-state index contributed by atoms with van der Waals surface area (Å²) in [4.78, 5) is 4.16. The summed E-state index contributed by atoms with van der Waals surface area (Å²) in [7, 11) is -3.33. The number of nitrogens with zero attached hydrogens (tertiary/aromatic N) is 1. The maximum atomic E-state index is 12.1. The molecule has 0 saturated carbocycles. The summed E-state index contributed by atoms with van der Waals surface area (Å²) in [5.74, 6) is 0.0578. The molecule has 0 saturated heterocycles. The van der Waals surface area contributed by atoms with Crippen molar-refractivity contribution in [2.75, 3.05) is 24.7 Å². The molecule has 1 aromatic heterocycles. The Labute approximate surface area is 116 Å². The number of nitrogen functional groups attached to an aromatic ring is 1. The van der Waals surface area contributed by atoms with Gasteiger partial charge in [0.15, 0.2) is 0 Å². The first-order valence-electron chi connectivity index (χ1n) is 5.99. The highest BCUT2D eigenvalue weighted by Crippen LogP contribution is 2.27. The molecule has 0 amide bonds. The summed E-state index contributed by atoms with van der Waals surface area (Å²) in [6.07, 6.45) is 0.480. The van der Waals surface area contributed by atoms with Gasteiger partial charge in [-0.15, -0.1) is 11.3 Å². The van der Waals surface area contributed by atoms with Crippen LogP contribution in [0.3, 0.4) is 0 Å². The number of hydrogen-bond acceptors (Lipinski definition) is 6. The Bertz CT molecular complexity index is 665. The van der Waals surface area contributed by atoms with Gasteiger partial charge in [-0.25, -0.2) is 13.4 Å². The predicted octanol–water partition coefficient (Wildman–Crippen LogP) is 2.08. The molecule has 104 valence electrons. The Morgan fingerprint density at radius 2 is 2.21 bits per heavy atom. The molecule has 0 aliphatic heterocycles. The van der Waals surface area contributed by atoms with Crippen molar-refractivity contribution in [3.63, 3.8) is 0 Å². The Morgan fingerprint density at radius 1 is 1.42 bits per heavy atom. The number of thiazole rings is 1. The largest absolute Gasteiger partial charge is 0.399 e. The summed E-state index contributed by atoms with van der Waals surface area (Å²) in [5.41, 5.74) is 6.95. The molecular weight excluding hydrogens is 284 g/mol. The number of hydrogen-bond donors (Lipinski definition) is 1. The van der Waals surface area contributed by atoms with Crippen LogP contribution < -0.4 is 5.73 Å². The number of nitrogens with two attached hydrogens (primary N) is 1. The van der Waals surface area contributed by atoms with E-state index in [4.69, 9.17) is 10.5 Å². The number of fused-ring (bicyclic) bond motifs is 1. The second kappa shape index (κ2) is 5.85. The molecule has 0 bridgehead atoms. The van der Waals surface area contributed by atoms with E-state index in [2.05, 4.69) is 4.98 Å². The van der Waals surface area contributed by atoms with E-state index >= 15 is 0 Å². The lowest BCUT2D eigenvalue weighted by molar-refractivity contribution is 0.148. The molecule has 0 atom stereocenters. The normalized spacial score (nSPS) is 12.1. The molecule has 0 fully saturated rings. The lowest BCUT2D eigenvalue weighted by atomic mass is 10.3. The van der Waals surface area contributed by atoms with Gasteiger partial charge in [-0.3, -0.25) is 0 Å². The number of rotatable bonds is 6. The third-order valence-electron chi connectivity index (χ3n) is 2.56. The second-order valence-corrected chi connectivity index (χ2v) is 7.39. The zero-order valence-electron chi connectivity index (χ0n) is 10.6. The molecule has 0 unspecified atom stereocenters. The summed E-state index contributed by atoms with van der Waals surface area (Å²) in [6.45, 7) is 2.93. The van der Waals surface area contributed by atoms with Crippen molar-refractivity contribution < 1.29 is 13.2 Å². The highest BCUT2D eigenvalue weighted by atomic mass is 32.2. The summed E-state index contributed by atoms with van der Waals surface area (Å²) < 4.78 is 30.3. The van der Waals surface area contributed by atoms with E-state index in [-0.39, 0.29) is 10.1 Å². The van der Waals surface area contributed by atoms with Crippen LogP contribution in [-0.2, 0) is 14.6 Å². The van der Waals surface area contributed by atoms with Gasteiger partial charge in [0.05, 0.1) is 16.0 Å². The smallest absolute Gasteiger partial charge is 0.210 e. The van der Waals surface area contributed by atoms with Crippen LogP contribution in [-0.4, -0.2) is 32.4 Å². The van der Waals surface area contributed by atoms with E-state index in [1.54, 1.807) is 18.2 Å². The average Bonchev–Trinajstić information content (AvgIpc) is 2.78. The van der Waals surface area contributed by atoms with Crippen molar-refractivity contribution in [1.82, 2.24) is 4.98 Å². The van der Waals surface area contributed by atoms with Gasteiger partial charge < -0.3 is 10.5 Å². The molecular formula is C12H16N2O3S2. The molecule has 19 heavy (non-hydrogen) atoms. The molecule has 0 radical (unpaired) electrons. The number of anilines is 1. The van der Waals surface area contributed by atoms with Crippen molar-refractivity contribution in [2.24, 2.45) is 0 Å². The second-order valence-electron chi connectivity index (χ2n) is 4.08. The number of sulfone groups is 1. The highest BCUT2D eigenvalue weighted by molar-refractivity contribution is 7.93. The number of ether oxygens (including phenoxy) is 1. The fourth-order valence-electron chi connectivity index (χ4n) is 1.64. The quantitative estimate of drug-likeness (QED) is 0.652. The zero-order chi connectivity index (χ0) is 13.9. The first-order valence-corrected chi connectivity index (χ1v) is 8.46. The summed E-state index contributed by atoms with van der Waals surface area (Å²) in [6, 6.07) is 5.19. The van der Waals surface area contributed by atoms with Crippen molar-refractivity contribution in [3.8, 4) is 0 Å². The van der Waals surface area contributed by atoms with E-state index in [0.717, 1.165) is 16.0 Å². The van der Waals surface area contributed by atoms with Gasteiger partial charge in [0.25, 0.3) is 0 Å². The van der Waals surface area contributed by atoms with Gasteiger partial charge in [-0.2, -0.15) is 0 Å². The minimum Gasteiger partial charge on any atom is -0.399 e. The molecule has 1 aromatic carbocycles. The van der Waals surface area contributed by atoms with Gasteiger partial charge >= 0.3 is 0 Å². The van der Waals surface area contributed by atoms with E-state index in [1.165, 1.54) is 0 Å². The fraction of sp³-hybridized carbons (Fsp3) is 0.417. The first-order chi connectivity index (χ1) is 9.03. The number of benzene rings is 1. The Balaban J connectivity index is 2.18. The summed E-state index contributed by atoms with van der Waals surface area (Å²) >= 11 is 1.16.